The summed E-state index contributed by atoms with van der Waals surface area (Å²) >= 11 is 1.50. The molecule has 0 unspecified atom stereocenters. The molecule has 0 spiro atoms. The topological polar surface area (TPSA) is 85.8 Å². The van der Waals surface area contributed by atoms with Gasteiger partial charge in [0, 0.05) is 42.8 Å². The average molecular weight is 491 g/mol. The smallest absolute Gasteiger partial charge is 0.304 e. The summed E-state index contributed by atoms with van der Waals surface area (Å²) in [5, 5.41) is 15.3. The number of aliphatic carboxylic acids is 1. The summed E-state index contributed by atoms with van der Waals surface area (Å²) in [6, 6.07) is 16.3. The van der Waals surface area contributed by atoms with Gasteiger partial charge in [-0.15, -0.1) is 11.3 Å². The van der Waals surface area contributed by atoms with Crippen LogP contribution in [0.25, 0.3) is 11.3 Å². The van der Waals surface area contributed by atoms with E-state index in [4.69, 9.17) is 4.98 Å². The third-order valence-corrected chi connectivity index (χ3v) is 7.98. The molecule has 1 aromatic heterocycles. The van der Waals surface area contributed by atoms with Crippen LogP contribution in [0.4, 0.5) is 5.69 Å². The number of thiazole rings is 1. The normalized spacial score (nSPS) is 17.2. The summed E-state index contributed by atoms with van der Waals surface area (Å²) in [6.07, 6.45) is 0.713. The Morgan fingerprint density at radius 2 is 1.69 bits per heavy atom. The Kier molecular flexibility index (Phi) is 6.58. The second-order valence-electron chi connectivity index (χ2n) is 9.62. The predicted molar refractivity (Wildman–Crippen MR) is 138 cm³/mol. The van der Waals surface area contributed by atoms with Gasteiger partial charge in [-0.1, -0.05) is 36.4 Å². The minimum absolute atomic E-state index is 0.184. The SMILES string of the molecule is CN1CCN(c2ccc(-c3csc(CNC(=O)C4(CC(=O)O)Cc5ccccc5C4)n3)cc2)CC1. The first-order chi connectivity index (χ1) is 16.9. The molecule has 1 aliphatic carbocycles. The predicted octanol–water partition coefficient (Wildman–Crippen LogP) is 3.44. The van der Waals surface area contributed by atoms with E-state index in [1.165, 1.54) is 17.0 Å². The molecule has 5 rings (SSSR count). The van der Waals surface area contributed by atoms with Gasteiger partial charge in [-0.2, -0.15) is 0 Å². The molecule has 0 atom stereocenters. The number of hydrogen-bond donors (Lipinski definition) is 2. The van der Waals surface area contributed by atoms with Crippen molar-refractivity contribution in [2.45, 2.75) is 25.8 Å². The molecule has 0 bridgehead atoms. The largest absolute Gasteiger partial charge is 0.481 e. The third-order valence-electron chi connectivity index (χ3n) is 7.13. The number of likely N-dealkylation sites (N-methyl/N-ethyl adjacent to an activating group) is 1. The van der Waals surface area contributed by atoms with Crippen LogP contribution in [0.15, 0.2) is 53.9 Å². The number of carboxylic acid groups (broad SMARTS) is 1. The van der Waals surface area contributed by atoms with Gasteiger partial charge in [-0.3, -0.25) is 9.59 Å². The second-order valence-corrected chi connectivity index (χ2v) is 10.6. The van der Waals surface area contributed by atoms with Crippen molar-refractivity contribution in [1.82, 2.24) is 15.2 Å². The first kappa shape index (κ1) is 23.5. The van der Waals surface area contributed by atoms with Crippen LogP contribution in [-0.2, 0) is 29.0 Å². The van der Waals surface area contributed by atoms with Gasteiger partial charge in [-0.25, -0.2) is 4.98 Å². The van der Waals surface area contributed by atoms with Crippen LogP contribution >= 0.6 is 11.3 Å². The Morgan fingerprint density at radius 3 is 2.31 bits per heavy atom. The highest BCUT2D eigenvalue weighted by atomic mass is 32.1. The maximum absolute atomic E-state index is 13.2. The number of benzene rings is 2. The van der Waals surface area contributed by atoms with E-state index < -0.39 is 11.4 Å². The summed E-state index contributed by atoms with van der Waals surface area (Å²) in [4.78, 5) is 34.3. The lowest BCUT2D eigenvalue weighted by Crippen LogP contribution is -2.44. The Morgan fingerprint density at radius 1 is 1.03 bits per heavy atom. The van der Waals surface area contributed by atoms with E-state index in [-0.39, 0.29) is 12.3 Å². The van der Waals surface area contributed by atoms with Crippen molar-refractivity contribution in [3.05, 3.63) is 70.0 Å². The number of amides is 1. The van der Waals surface area contributed by atoms with E-state index in [9.17, 15) is 14.7 Å². The minimum Gasteiger partial charge on any atom is -0.481 e. The molecule has 2 aliphatic rings. The van der Waals surface area contributed by atoms with Gasteiger partial charge >= 0.3 is 5.97 Å². The van der Waals surface area contributed by atoms with Gasteiger partial charge in [0.15, 0.2) is 0 Å². The Hall–Kier alpha value is -3.23. The van der Waals surface area contributed by atoms with Gasteiger partial charge in [-0.05, 0) is 43.1 Å². The van der Waals surface area contributed by atoms with Crippen LogP contribution in [0, 0.1) is 5.41 Å². The summed E-state index contributed by atoms with van der Waals surface area (Å²) in [7, 11) is 2.15. The summed E-state index contributed by atoms with van der Waals surface area (Å²) < 4.78 is 0. The lowest BCUT2D eigenvalue weighted by molar-refractivity contribution is -0.145. The van der Waals surface area contributed by atoms with Crippen LogP contribution in [0.5, 0.6) is 0 Å². The molecule has 35 heavy (non-hydrogen) atoms. The van der Waals surface area contributed by atoms with Gasteiger partial charge in [0.25, 0.3) is 0 Å². The van der Waals surface area contributed by atoms with E-state index in [1.807, 2.05) is 29.6 Å². The van der Waals surface area contributed by atoms with E-state index >= 15 is 0 Å². The average Bonchev–Trinajstić information content (AvgIpc) is 3.48. The molecule has 8 heteroatoms. The highest BCUT2D eigenvalue weighted by molar-refractivity contribution is 7.09. The zero-order chi connectivity index (χ0) is 24.4. The zero-order valence-electron chi connectivity index (χ0n) is 19.9. The molecule has 2 N–H and O–H groups in total. The van der Waals surface area contributed by atoms with E-state index in [1.54, 1.807) is 0 Å². The van der Waals surface area contributed by atoms with Crippen molar-refractivity contribution in [2.24, 2.45) is 5.41 Å². The number of carboxylic acids is 1. The maximum atomic E-state index is 13.2. The van der Waals surface area contributed by atoms with Gasteiger partial charge < -0.3 is 20.2 Å². The fraction of sp³-hybridized carbons (Fsp3) is 0.370. The second kappa shape index (κ2) is 9.79. The molecular weight excluding hydrogens is 460 g/mol. The van der Waals surface area contributed by atoms with Crippen LogP contribution in [0.2, 0.25) is 0 Å². The number of nitrogens with zero attached hydrogens (tertiary/aromatic N) is 3. The van der Waals surface area contributed by atoms with Crippen LogP contribution in [0.3, 0.4) is 0 Å². The number of carbonyl (C=O) groups is 2. The van der Waals surface area contributed by atoms with Crippen LogP contribution in [-0.4, -0.2) is 60.1 Å². The molecule has 182 valence electrons. The molecule has 7 nitrogen and oxygen atoms in total. The number of piperazine rings is 1. The molecule has 3 aromatic rings. The lowest BCUT2D eigenvalue weighted by Gasteiger charge is -2.34. The molecule has 1 fully saturated rings. The first-order valence-corrected chi connectivity index (χ1v) is 12.9. The van der Waals surface area contributed by atoms with E-state index in [2.05, 4.69) is 46.4 Å². The fourth-order valence-electron chi connectivity index (χ4n) is 5.13. The van der Waals surface area contributed by atoms with E-state index in [0.29, 0.717) is 19.4 Å². The number of rotatable bonds is 7. The Balaban J connectivity index is 1.23. The number of nitrogens with one attached hydrogen (secondary N) is 1. The van der Waals surface area contributed by atoms with E-state index in [0.717, 1.165) is 53.6 Å². The van der Waals surface area contributed by atoms with Crippen molar-refractivity contribution in [2.75, 3.05) is 38.1 Å². The summed E-state index contributed by atoms with van der Waals surface area (Å²) in [5.41, 5.74) is 4.32. The third kappa shape index (κ3) is 5.09. The Labute approximate surface area is 209 Å². The standard InChI is InChI=1S/C27H30N4O3S/c1-30-10-12-31(13-11-30)22-8-6-19(7-9-22)23-18-35-24(29-23)17-28-26(34)27(16-25(32)33)14-20-4-2-3-5-21(20)15-27/h2-9,18H,10-17H2,1H3,(H,28,34)(H,32,33). The quantitative estimate of drug-likeness (QED) is 0.528. The minimum atomic E-state index is -0.954. The summed E-state index contributed by atoms with van der Waals surface area (Å²) in [5.74, 6) is -1.17. The van der Waals surface area contributed by atoms with Crippen molar-refractivity contribution in [3.8, 4) is 11.3 Å². The fourth-order valence-corrected chi connectivity index (χ4v) is 5.87. The van der Waals surface area contributed by atoms with Gasteiger partial charge in [0.1, 0.15) is 5.01 Å². The van der Waals surface area contributed by atoms with Gasteiger partial charge in [0.2, 0.25) is 5.91 Å². The number of anilines is 1. The first-order valence-electron chi connectivity index (χ1n) is 12.0. The van der Waals surface area contributed by atoms with Gasteiger partial charge in [0.05, 0.1) is 24.1 Å². The molecule has 2 heterocycles. The van der Waals surface area contributed by atoms with Crippen molar-refractivity contribution >= 4 is 28.9 Å². The maximum Gasteiger partial charge on any atom is 0.304 e. The molecule has 0 radical (unpaired) electrons. The molecule has 1 amide bonds. The monoisotopic (exact) mass is 490 g/mol. The number of carbonyl (C=O) groups excluding carboxylic acids is 1. The van der Waals surface area contributed by atoms with Crippen LogP contribution in [0.1, 0.15) is 22.6 Å². The number of fused-ring (bicyclic) bond motifs is 1. The molecule has 2 aromatic carbocycles. The highest BCUT2D eigenvalue weighted by Gasteiger charge is 2.45. The van der Waals surface area contributed by atoms with Crippen molar-refractivity contribution in [3.63, 3.8) is 0 Å². The molecule has 1 saturated heterocycles. The highest BCUT2D eigenvalue weighted by Crippen LogP contribution is 2.40. The van der Waals surface area contributed by atoms with Crippen LogP contribution < -0.4 is 10.2 Å². The number of hydrogen-bond acceptors (Lipinski definition) is 6. The molecular formula is C27H30N4O3S. The van der Waals surface area contributed by atoms with Crippen molar-refractivity contribution < 1.29 is 14.7 Å². The Bertz CT molecular complexity index is 1190. The molecule has 0 saturated carbocycles. The summed E-state index contributed by atoms with van der Waals surface area (Å²) in [6.45, 7) is 4.50. The zero-order valence-corrected chi connectivity index (χ0v) is 20.7. The molecule has 1 aliphatic heterocycles. The number of aromatic nitrogens is 1. The van der Waals surface area contributed by atoms with Crippen molar-refractivity contribution in [1.29, 1.82) is 0 Å². The lowest BCUT2D eigenvalue weighted by atomic mass is 9.80.